The van der Waals surface area contributed by atoms with Gasteiger partial charge in [-0.05, 0) is 87.6 Å². The molecule has 3 atom stereocenters. The molecule has 0 N–H and O–H groups in total. The van der Waals surface area contributed by atoms with Gasteiger partial charge in [0.1, 0.15) is 0 Å². The van der Waals surface area contributed by atoms with Crippen LogP contribution in [0, 0.1) is 11.8 Å². The van der Waals surface area contributed by atoms with Crippen LogP contribution in [0.4, 0.5) is 0 Å². The van der Waals surface area contributed by atoms with Gasteiger partial charge in [0.2, 0.25) is 0 Å². The number of hydrogen-bond donors (Lipinski definition) is 0. The molecule has 3 unspecified atom stereocenters. The number of hydrogen-bond acceptors (Lipinski definition) is 0. The van der Waals surface area contributed by atoms with Gasteiger partial charge in [-0.25, -0.2) is 0 Å². The Morgan fingerprint density at radius 3 is 2.12 bits per heavy atom. The van der Waals surface area contributed by atoms with Gasteiger partial charge in [0.05, 0.1) is 0 Å². The smallest absolute Gasteiger partial charge is 0.0137 e. The van der Waals surface area contributed by atoms with Crippen LogP contribution in [0.15, 0.2) is 157 Å². The quantitative estimate of drug-likeness (QED) is 0.361. The monoisotopic (exact) mass is 542 g/mol. The van der Waals surface area contributed by atoms with E-state index in [0.717, 1.165) is 32.1 Å². The van der Waals surface area contributed by atoms with Crippen molar-refractivity contribution in [1.82, 2.24) is 0 Å². The van der Waals surface area contributed by atoms with Gasteiger partial charge in [-0.15, -0.1) is 0 Å². The summed E-state index contributed by atoms with van der Waals surface area (Å²) >= 11 is 0. The summed E-state index contributed by atoms with van der Waals surface area (Å²) in [5.41, 5.74) is 9.85. The predicted molar refractivity (Wildman–Crippen MR) is 180 cm³/mol. The van der Waals surface area contributed by atoms with Crippen LogP contribution in [0.2, 0.25) is 0 Å². The summed E-state index contributed by atoms with van der Waals surface area (Å²) in [7, 11) is 0. The largest absolute Gasteiger partial charge is 0.0842 e. The number of benzene rings is 2. The molecule has 0 heteroatoms. The molecule has 0 aromatic heterocycles. The van der Waals surface area contributed by atoms with E-state index in [0.29, 0.717) is 11.8 Å². The second-order valence-electron chi connectivity index (χ2n) is 11.8. The van der Waals surface area contributed by atoms with Gasteiger partial charge in [-0.3, -0.25) is 0 Å². The Bertz CT molecular complexity index is 1800. The number of rotatable bonds is 4. The number of allylic oxidation sites excluding steroid dienone is 20. The average molecular weight is 543 g/mol. The Kier molecular flexibility index (Phi) is 7.70. The van der Waals surface area contributed by atoms with Crippen molar-refractivity contribution in [3.63, 3.8) is 0 Å². The van der Waals surface area contributed by atoms with Gasteiger partial charge < -0.3 is 0 Å². The van der Waals surface area contributed by atoms with Crippen molar-refractivity contribution in [2.24, 2.45) is 11.8 Å². The summed E-state index contributed by atoms with van der Waals surface area (Å²) in [5.74, 6) is 1.000. The van der Waals surface area contributed by atoms with E-state index in [4.69, 9.17) is 0 Å². The molecule has 0 nitrogen and oxygen atoms in total. The molecule has 0 radical (unpaired) electrons. The van der Waals surface area contributed by atoms with Gasteiger partial charge in [0.25, 0.3) is 0 Å². The minimum absolute atomic E-state index is 0.288. The zero-order valence-corrected chi connectivity index (χ0v) is 24.2. The lowest BCUT2D eigenvalue weighted by atomic mass is 9.69. The highest BCUT2D eigenvalue weighted by atomic mass is 14.4. The summed E-state index contributed by atoms with van der Waals surface area (Å²) < 4.78 is 0. The molecule has 206 valence electrons. The van der Waals surface area contributed by atoms with Crippen LogP contribution >= 0.6 is 0 Å². The second-order valence-corrected chi connectivity index (χ2v) is 11.8. The lowest BCUT2D eigenvalue weighted by molar-refractivity contribution is 0.680. The van der Waals surface area contributed by atoms with Crippen LogP contribution in [0.3, 0.4) is 0 Å². The Balaban J connectivity index is 1.49. The minimum Gasteiger partial charge on any atom is -0.0842 e. The zero-order chi connectivity index (χ0) is 28.1. The summed E-state index contributed by atoms with van der Waals surface area (Å²) in [5, 5.41) is 2.76. The van der Waals surface area contributed by atoms with E-state index >= 15 is 0 Å². The molecule has 5 aliphatic rings. The van der Waals surface area contributed by atoms with Crippen LogP contribution in [0.5, 0.6) is 0 Å². The molecule has 0 aliphatic heterocycles. The lowest BCUT2D eigenvalue weighted by Crippen LogP contribution is -2.40. The van der Waals surface area contributed by atoms with E-state index in [1.807, 2.05) is 0 Å². The molecule has 5 aliphatic carbocycles. The summed E-state index contributed by atoms with van der Waals surface area (Å²) in [4.78, 5) is 0. The first-order valence-electron chi connectivity index (χ1n) is 15.6. The van der Waals surface area contributed by atoms with Crippen LogP contribution in [0.25, 0.3) is 16.7 Å². The van der Waals surface area contributed by atoms with Gasteiger partial charge in [0, 0.05) is 17.8 Å². The fourth-order valence-corrected chi connectivity index (χ4v) is 7.13. The van der Waals surface area contributed by atoms with Crippen molar-refractivity contribution >= 4 is 16.7 Å². The van der Waals surface area contributed by atoms with Crippen LogP contribution in [-0.2, 0) is 0 Å². The summed E-state index contributed by atoms with van der Waals surface area (Å²) in [6.07, 6.45) is 46.3. The van der Waals surface area contributed by atoms with Gasteiger partial charge in [-0.1, -0.05) is 146 Å². The van der Waals surface area contributed by atoms with E-state index < -0.39 is 0 Å². The second kappa shape index (κ2) is 12.2. The Hall–Kier alpha value is -4.42. The molecule has 0 saturated carbocycles. The third kappa shape index (κ3) is 5.30. The molecular formula is C42H38. The van der Waals surface area contributed by atoms with Gasteiger partial charge in [-0.2, -0.15) is 0 Å². The fourth-order valence-electron chi connectivity index (χ4n) is 7.13. The first kappa shape index (κ1) is 26.5. The van der Waals surface area contributed by atoms with E-state index in [-0.39, 0.29) is 5.92 Å². The Morgan fingerprint density at radius 1 is 0.571 bits per heavy atom. The standard InChI is InChI=1S/C42H38/c1-2-4-8-22-33(23-9-5-3-1)41-37-24-14-16-26-39(37)42(40-27-17-15-25-38(40)41)36-29-34(31-18-10-6-11-19-31)28-35(30-36)32-20-12-7-13-21-32/h1-6,8,10-12,14-18,20-22,24-31,37,39H,7,9,13,19,23H2/b2-1-,5-3+,8-4-,33-22?. The maximum absolute atomic E-state index is 2.49. The molecule has 2 aromatic rings. The molecule has 0 spiro atoms. The molecule has 0 heterocycles. The van der Waals surface area contributed by atoms with E-state index in [1.54, 1.807) is 0 Å². The predicted octanol–water partition coefficient (Wildman–Crippen LogP) is 9.13. The van der Waals surface area contributed by atoms with Crippen molar-refractivity contribution in [3.8, 4) is 0 Å². The van der Waals surface area contributed by atoms with Crippen LogP contribution in [0.1, 0.15) is 54.7 Å². The minimum atomic E-state index is 0.288. The van der Waals surface area contributed by atoms with Crippen LogP contribution in [-0.4, -0.2) is 0 Å². The van der Waals surface area contributed by atoms with Crippen molar-refractivity contribution in [2.45, 2.75) is 38.0 Å². The molecule has 2 aromatic carbocycles. The third-order valence-electron chi connectivity index (χ3n) is 9.12. The molecule has 0 bridgehead atoms. The lowest BCUT2D eigenvalue weighted by Gasteiger charge is -2.34. The first-order chi connectivity index (χ1) is 20.9. The number of fused-ring (bicyclic) bond motifs is 2. The highest BCUT2D eigenvalue weighted by Crippen LogP contribution is 2.42. The highest BCUT2D eigenvalue weighted by Gasteiger charge is 2.32. The van der Waals surface area contributed by atoms with Crippen molar-refractivity contribution in [2.75, 3.05) is 0 Å². The third-order valence-corrected chi connectivity index (χ3v) is 9.12. The van der Waals surface area contributed by atoms with Gasteiger partial charge >= 0.3 is 0 Å². The fraction of sp³-hybridized carbons (Fsp3) is 0.190. The SMILES string of the molecule is C1=CCC(c2cc(C3=CCCC=C3)cc(C3=c4ccccc4=C(C4=C\C=C/C=C\C=C\CC4)C4C=CC=CC34)c2)C=C1. The van der Waals surface area contributed by atoms with E-state index in [9.17, 15) is 0 Å². The molecule has 0 fully saturated rings. The molecule has 7 rings (SSSR count). The molecule has 0 saturated heterocycles. The van der Waals surface area contributed by atoms with Gasteiger partial charge in [0.15, 0.2) is 0 Å². The molecule has 0 amide bonds. The topological polar surface area (TPSA) is 0 Å². The molecule has 42 heavy (non-hydrogen) atoms. The Labute approximate surface area is 250 Å². The maximum atomic E-state index is 2.49. The molecular weight excluding hydrogens is 504 g/mol. The van der Waals surface area contributed by atoms with Crippen molar-refractivity contribution < 1.29 is 0 Å². The maximum Gasteiger partial charge on any atom is 0.0137 e. The highest BCUT2D eigenvalue weighted by molar-refractivity contribution is 5.83. The van der Waals surface area contributed by atoms with E-state index in [1.165, 1.54) is 49.4 Å². The van der Waals surface area contributed by atoms with Crippen LogP contribution < -0.4 is 10.4 Å². The van der Waals surface area contributed by atoms with Crippen molar-refractivity contribution in [1.29, 1.82) is 0 Å². The summed E-state index contributed by atoms with van der Waals surface area (Å²) in [6.45, 7) is 0. The zero-order valence-electron chi connectivity index (χ0n) is 24.2. The Morgan fingerprint density at radius 2 is 1.31 bits per heavy atom. The first-order valence-corrected chi connectivity index (χ1v) is 15.6. The average Bonchev–Trinajstić information content (AvgIpc) is 3.06. The summed E-state index contributed by atoms with van der Waals surface area (Å²) in [6, 6.07) is 16.6. The van der Waals surface area contributed by atoms with E-state index in [2.05, 4.69) is 152 Å². The normalized spacial score (nSPS) is 26.6. The van der Waals surface area contributed by atoms with Crippen molar-refractivity contribution in [3.05, 3.63) is 185 Å².